The van der Waals surface area contributed by atoms with E-state index in [0.717, 1.165) is 29.1 Å². The largest absolute Gasteiger partial charge is 0.496 e. The van der Waals surface area contributed by atoms with Crippen molar-refractivity contribution >= 4 is 35.6 Å². The molecule has 0 aliphatic rings. The number of nitrogens with one attached hydrogen (secondary N) is 2. The zero-order valence-electron chi connectivity index (χ0n) is 16.5. The Balaban J connectivity index is 0.00000364. The lowest BCUT2D eigenvalue weighted by atomic mass is 10.1. The van der Waals surface area contributed by atoms with Gasteiger partial charge in [-0.3, -0.25) is 0 Å². The minimum atomic E-state index is 0. The summed E-state index contributed by atoms with van der Waals surface area (Å²) in [5.41, 5.74) is 3.08. The smallest absolute Gasteiger partial charge is 0.196 e. The predicted molar refractivity (Wildman–Crippen MR) is 121 cm³/mol. The van der Waals surface area contributed by atoms with Crippen molar-refractivity contribution in [3.05, 3.63) is 47.5 Å². The van der Waals surface area contributed by atoms with Crippen molar-refractivity contribution in [3.8, 4) is 17.2 Å². The Bertz CT molecular complexity index is 766. The van der Waals surface area contributed by atoms with Crippen molar-refractivity contribution in [2.75, 3.05) is 33.2 Å². The first-order valence-corrected chi connectivity index (χ1v) is 8.52. The number of benzene rings is 2. The Morgan fingerprint density at radius 2 is 1.59 bits per heavy atom. The molecule has 0 aliphatic carbocycles. The Labute approximate surface area is 178 Å². The Hall–Kier alpha value is -2.16. The molecule has 0 heterocycles. The first kappa shape index (κ1) is 22.9. The highest BCUT2D eigenvalue weighted by atomic mass is 127. The molecule has 0 amide bonds. The molecule has 0 radical (unpaired) electrons. The van der Waals surface area contributed by atoms with Crippen LogP contribution in [0, 0.1) is 6.92 Å². The van der Waals surface area contributed by atoms with Crippen LogP contribution in [0.25, 0.3) is 0 Å². The van der Waals surface area contributed by atoms with Gasteiger partial charge >= 0.3 is 0 Å². The molecule has 7 heteroatoms. The molecule has 0 saturated carbocycles. The zero-order chi connectivity index (χ0) is 18.9. The number of ether oxygens (including phenoxy) is 3. The molecule has 0 spiro atoms. The summed E-state index contributed by atoms with van der Waals surface area (Å²) in [6.07, 6.45) is 0. The van der Waals surface area contributed by atoms with Crippen LogP contribution in [-0.4, -0.2) is 33.8 Å². The number of halogens is 1. The van der Waals surface area contributed by atoms with Crippen LogP contribution in [-0.2, 0) is 6.54 Å². The maximum Gasteiger partial charge on any atom is 0.196 e. The van der Waals surface area contributed by atoms with Crippen molar-refractivity contribution in [1.82, 2.24) is 5.32 Å². The van der Waals surface area contributed by atoms with Gasteiger partial charge in [0.25, 0.3) is 0 Å². The number of rotatable bonds is 7. The minimum absolute atomic E-state index is 0. The standard InChI is InChI=1S/C20H27N3O3.HI/c1-6-21-20(22-13-15-7-9-17(24-3)14(2)11-15)23-16-8-10-18(25-4)19(12-16)26-5;/h7-12H,6,13H2,1-5H3,(H2,21,22,23);1H. The highest BCUT2D eigenvalue weighted by Crippen LogP contribution is 2.29. The molecule has 2 aromatic rings. The first-order valence-electron chi connectivity index (χ1n) is 8.52. The molecule has 0 aliphatic heterocycles. The van der Waals surface area contributed by atoms with E-state index in [1.807, 2.05) is 44.2 Å². The van der Waals surface area contributed by atoms with Gasteiger partial charge in [0.05, 0.1) is 27.9 Å². The number of aryl methyl sites for hydroxylation is 1. The fourth-order valence-electron chi connectivity index (χ4n) is 2.57. The second-order valence-corrected chi connectivity index (χ2v) is 5.69. The molecule has 0 atom stereocenters. The molecule has 27 heavy (non-hydrogen) atoms. The van der Waals surface area contributed by atoms with Gasteiger partial charge in [0, 0.05) is 18.3 Å². The lowest BCUT2D eigenvalue weighted by Gasteiger charge is -2.14. The van der Waals surface area contributed by atoms with E-state index in [-0.39, 0.29) is 24.0 Å². The van der Waals surface area contributed by atoms with E-state index in [2.05, 4.69) is 21.7 Å². The molecule has 0 fully saturated rings. The third-order valence-corrected chi connectivity index (χ3v) is 3.87. The molecule has 0 unspecified atom stereocenters. The summed E-state index contributed by atoms with van der Waals surface area (Å²) in [5.74, 6) is 2.94. The molecule has 2 N–H and O–H groups in total. The van der Waals surface area contributed by atoms with Crippen molar-refractivity contribution in [2.45, 2.75) is 20.4 Å². The summed E-state index contributed by atoms with van der Waals surface area (Å²) >= 11 is 0. The molecule has 0 bridgehead atoms. The molecular weight excluding hydrogens is 457 g/mol. The van der Waals surface area contributed by atoms with Crippen LogP contribution >= 0.6 is 24.0 Å². The summed E-state index contributed by atoms with van der Waals surface area (Å²) in [7, 11) is 4.91. The van der Waals surface area contributed by atoms with E-state index in [1.54, 1.807) is 21.3 Å². The van der Waals surface area contributed by atoms with Gasteiger partial charge in [-0.2, -0.15) is 0 Å². The first-order chi connectivity index (χ1) is 12.6. The summed E-state index contributed by atoms with van der Waals surface area (Å²) in [4.78, 5) is 4.66. The minimum Gasteiger partial charge on any atom is -0.496 e. The monoisotopic (exact) mass is 485 g/mol. The van der Waals surface area contributed by atoms with Crippen molar-refractivity contribution in [2.24, 2.45) is 4.99 Å². The van der Waals surface area contributed by atoms with Gasteiger partial charge < -0.3 is 24.8 Å². The molecule has 2 rings (SSSR count). The molecule has 0 saturated heterocycles. The Morgan fingerprint density at radius 3 is 2.19 bits per heavy atom. The molecular formula is C20H28IN3O3. The maximum absolute atomic E-state index is 5.35. The van der Waals surface area contributed by atoms with Gasteiger partial charge in [0.2, 0.25) is 0 Å². The number of guanidine groups is 1. The highest BCUT2D eigenvalue weighted by molar-refractivity contribution is 14.0. The molecule has 148 valence electrons. The fourth-order valence-corrected chi connectivity index (χ4v) is 2.57. The molecule has 2 aromatic carbocycles. The summed E-state index contributed by atoms with van der Waals surface area (Å²) < 4.78 is 15.9. The lowest BCUT2D eigenvalue weighted by molar-refractivity contribution is 0.355. The van der Waals surface area contributed by atoms with E-state index in [1.165, 1.54) is 0 Å². The van der Waals surface area contributed by atoms with Gasteiger partial charge in [0.15, 0.2) is 17.5 Å². The van der Waals surface area contributed by atoms with Crippen LogP contribution < -0.4 is 24.8 Å². The number of nitrogens with zero attached hydrogens (tertiary/aromatic N) is 1. The Morgan fingerprint density at radius 1 is 0.926 bits per heavy atom. The quantitative estimate of drug-likeness (QED) is 0.350. The van der Waals surface area contributed by atoms with Gasteiger partial charge in [0.1, 0.15) is 5.75 Å². The van der Waals surface area contributed by atoms with Gasteiger partial charge in [-0.05, 0) is 43.2 Å². The van der Waals surface area contributed by atoms with Crippen LogP contribution in [0.4, 0.5) is 5.69 Å². The van der Waals surface area contributed by atoms with Crippen molar-refractivity contribution in [1.29, 1.82) is 0 Å². The third kappa shape index (κ3) is 6.50. The molecule has 0 aromatic heterocycles. The van der Waals surface area contributed by atoms with E-state index >= 15 is 0 Å². The topological polar surface area (TPSA) is 64.1 Å². The van der Waals surface area contributed by atoms with Gasteiger partial charge in [-0.15, -0.1) is 24.0 Å². The average Bonchev–Trinajstić information content (AvgIpc) is 2.66. The summed E-state index contributed by atoms with van der Waals surface area (Å²) in [6.45, 7) is 5.39. The maximum atomic E-state index is 5.35. The van der Waals surface area contributed by atoms with Crippen LogP contribution in [0.15, 0.2) is 41.4 Å². The number of hydrogen-bond acceptors (Lipinski definition) is 4. The van der Waals surface area contributed by atoms with Crippen molar-refractivity contribution in [3.63, 3.8) is 0 Å². The highest BCUT2D eigenvalue weighted by Gasteiger charge is 2.06. The Kier molecular flexibility index (Phi) is 9.77. The van der Waals surface area contributed by atoms with Crippen LogP contribution in [0.2, 0.25) is 0 Å². The van der Waals surface area contributed by atoms with Gasteiger partial charge in [-0.1, -0.05) is 12.1 Å². The molecule has 6 nitrogen and oxygen atoms in total. The number of hydrogen-bond donors (Lipinski definition) is 2. The normalized spacial score (nSPS) is 10.6. The lowest BCUT2D eigenvalue weighted by Crippen LogP contribution is -2.30. The van der Waals surface area contributed by atoms with E-state index in [0.29, 0.717) is 24.0 Å². The van der Waals surface area contributed by atoms with Crippen LogP contribution in [0.5, 0.6) is 17.2 Å². The summed E-state index contributed by atoms with van der Waals surface area (Å²) in [6, 6.07) is 11.7. The van der Waals surface area contributed by atoms with E-state index in [9.17, 15) is 0 Å². The average molecular weight is 485 g/mol. The number of anilines is 1. The number of methoxy groups -OCH3 is 3. The second-order valence-electron chi connectivity index (χ2n) is 5.69. The van der Waals surface area contributed by atoms with E-state index < -0.39 is 0 Å². The second kappa shape index (κ2) is 11.5. The van der Waals surface area contributed by atoms with Crippen LogP contribution in [0.1, 0.15) is 18.1 Å². The third-order valence-electron chi connectivity index (χ3n) is 3.87. The van der Waals surface area contributed by atoms with Crippen LogP contribution in [0.3, 0.4) is 0 Å². The van der Waals surface area contributed by atoms with Gasteiger partial charge in [-0.25, -0.2) is 4.99 Å². The predicted octanol–water partition coefficient (Wildman–Crippen LogP) is 4.22. The zero-order valence-corrected chi connectivity index (χ0v) is 18.8. The SMILES string of the molecule is CCNC(=NCc1ccc(OC)c(C)c1)Nc1ccc(OC)c(OC)c1.I. The summed E-state index contributed by atoms with van der Waals surface area (Å²) in [5, 5.41) is 6.54. The van der Waals surface area contributed by atoms with E-state index in [4.69, 9.17) is 14.2 Å². The van der Waals surface area contributed by atoms with Crippen molar-refractivity contribution < 1.29 is 14.2 Å². The fraction of sp³-hybridized carbons (Fsp3) is 0.350. The number of aliphatic imine (C=N–C) groups is 1.